The number of carboxylic acid groups (broad SMARTS) is 1. The van der Waals surface area contributed by atoms with Crippen LogP contribution < -0.4 is 5.11 Å². The zero-order chi connectivity index (χ0) is 22.2. The van der Waals surface area contributed by atoms with Crippen molar-refractivity contribution in [1.82, 2.24) is 0 Å². The average Bonchev–Trinajstić information content (AvgIpc) is 2.86. The van der Waals surface area contributed by atoms with Gasteiger partial charge in [0.25, 0.3) is 0 Å². The van der Waals surface area contributed by atoms with Crippen LogP contribution in [0.5, 0.6) is 0 Å². The van der Waals surface area contributed by atoms with E-state index in [0.717, 1.165) is 10.8 Å². The van der Waals surface area contributed by atoms with E-state index in [1.54, 1.807) is 115 Å². The van der Waals surface area contributed by atoms with Crippen LogP contribution in [0.2, 0.25) is 11.8 Å². The second kappa shape index (κ2) is 12.4. The van der Waals surface area contributed by atoms with Gasteiger partial charge < -0.3 is 9.90 Å². The van der Waals surface area contributed by atoms with Crippen LogP contribution in [-0.2, 0) is 0 Å². The molecule has 2 aromatic carbocycles. The minimum absolute atomic E-state index is 0.248. The molecule has 0 atom stereocenters. The summed E-state index contributed by atoms with van der Waals surface area (Å²) in [6.45, 7) is 0. The summed E-state index contributed by atoms with van der Waals surface area (Å²) >= 11 is -1.15. The standard InChI is InChI=1S/C11H8O2.3C6H11.Sn/c12-11(13)10-7-3-5-8-4-1-2-6-9(8)10;3*1-2-4-6-5-3-1;/h1-7H,(H,12,13);3*1H,2-6H2;/q;;;;+1/p-1. The Balaban J connectivity index is 0.000000165. The van der Waals surface area contributed by atoms with E-state index in [9.17, 15) is 9.90 Å². The molecule has 0 bridgehead atoms. The first-order chi connectivity index (χ1) is 15.7. The number of carboxylic acids is 1. The summed E-state index contributed by atoms with van der Waals surface area (Å²) in [5, 5.41) is 12.4. The topological polar surface area (TPSA) is 40.1 Å². The summed E-state index contributed by atoms with van der Waals surface area (Å²) < 4.78 is 3.96. The summed E-state index contributed by atoms with van der Waals surface area (Å²) in [5.41, 5.74) is 0.248. The van der Waals surface area contributed by atoms with Gasteiger partial charge in [-0.1, -0.05) is 42.5 Å². The quantitative estimate of drug-likeness (QED) is 0.374. The van der Waals surface area contributed by atoms with E-state index >= 15 is 0 Å². The number of benzene rings is 2. The van der Waals surface area contributed by atoms with Gasteiger partial charge in [-0.15, -0.1) is 0 Å². The molecule has 5 rings (SSSR count). The molecule has 3 aliphatic carbocycles. The molecule has 3 saturated carbocycles. The minimum atomic E-state index is -1.15. The molecule has 172 valence electrons. The van der Waals surface area contributed by atoms with Gasteiger partial charge in [0.2, 0.25) is 0 Å². The van der Waals surface area contributed by atoms with E-state index in [2.05, 4.69) is 0 Å². The van der Waals surface area contributed by atoms with Gasteiger partial charge in [-0.25, -0.2) is 0 Å². The van der Waals surface area contributed by atoms with Gasteiger partial charge in [0.15, 0.2) is 0 Å². The third-order valence-electron chi connectivity index (χ3n) is 8.24. The van der Waals surface area contributed by atoms with Crippen molar-refractivity contribution < 1.29 is 9.90 Å². The maximum atomic E-state index is 10.7. The predicted octanol–water partition coefficient (Wildman–Crippen LogP) is 7.69. The van der Waals surface area contributed by atoms with E-state index in [0.29, 0.717) is 0 Å². The van der Waals surface area contributed by atoms with Crippen LogP contribution in [0, 0.1) is 0 Å². The first kappa shape index (κ1) is 24.1. The maximum absolute atomic E-state index is 10.7. The Hall–Kier alpha value is -1.03. The number of carbonyl (C=O) groups excluding carboxylic acids is 1. The van der Waals surface area contributed by atoms with E-state index in [1.165, 1.54) is 11.8 Å². The Labute approximate surface area is 201 Å². The van der Waals surface area contributed by atoms with Crippen molar-refractivity contribution in [3.05, 3.63) is 48.0 Å². The number of carbonyl (C=O) groups is 1. The van der Waals surface area contributed by atoms with Crippen LogP contribution >= 0.6 is 0 Å². The Morgan fingerprint density at radius 3 is 1.53 bits per heavy atom. The molecule has 0 spiro atoms. The number of hydrogen-bond acceptors (Lipinski definition) is 2. The molecule has 3 heteroatoms. The summed E-state index contributed by atoms with van der Waals surface area (Å²) in [6, 6.07) is 12.5. The first-order valence-corrected chi connectivity index (χ1v) is 18.2. The average molecular weight is 539 g/mol. The van der Waals surface area contributed by atoms with Crippen LogP contribution in [0.1, 0.15) is 107 Å². The molecule has 0 unspecified atom stereocenters. The van der Waals surface area contributed by atoms with E-state index in [4.69, 9.17) is 0 Å². The molecular formula is C29H40O2Sn. The number of fused-ring (bicyclic) bond motifs is 1. The normalized spacial score (nSPS) is 21.0. The second-order valence-electron chi connectivity index (χ2n) is 10.3. The van der Waals surface area contributed by atoms with Gasteiger partial charge in [0.1, 0.15) is 0 Å². The monoisotopic (exact) mass is 540 g/mol. The minimum Gasteiger partial charge on any atom is -0.545 e. The number of hydrogen-bond donors (Lipinski definition) is 0. The number of aromatic carboxylic acids is 1. The van der Waals surface area contributed by atoms with Gasteiger partial charge in [0.05, 0.1) is 5.97 Å². The van der Waals surface area contributed by atoms with E-state index in [1.807, 2.05) is 24.3 Å². The Bertz CT molecular complexity index is 797. The molecule has 3 fully saturated rings. The van der Waals surface area contributed by atoms with E-state index < -0.39 is 25.7 Å². The summed E-state index contributed by atoms with van der Waals surface area (Å²) in [5.74, 6) is -1.13. The molecule has 0 aromatic heterocycles. The van der Waals surface area contributed by atoms with Gasteiger partial charge in [-0.2, -0.15) is 0 Å². The molecule has 0 saturated heterocycles. The molecule has 2 nitrogen and oxygen atoms in total. The van der Waals surface area contributed by atoms with Crippen LogP contribution in [0.3, 0.4) is 0 Å². The largest absolute Gasteiger partial charge is 0.545 e. The fourth-order valence-electron chi connectivity index (χ4n) is 6.71. The Kier molecular flexibility index (Phi) is 9.37. The van der Waals surface area contributed by atoms with Crippen molar-refractivity contribution in [2.24, 2.45) is 0 Å². The SMILES string of the molecule is C1CC[CH]([Sn+]([CH]2CCCCC2)[CH]2CCCCC2)CC1.O=C([O-])c1cccc2ccccc12. The van der Waals surface area contributed by atoms with Gasteiger partial charge >= 0.3 is 128 Å². The van der Waals surface area contributed by atoms with Crippen molar-refractivity contribution >= 4 is 36.5 Å². The zero-order valence-corrected chi connectivity index (χ0v) is 22.6. The van der Waals surface area contributed by atoms with Gasteiger partial charge in [-0.05, 0) is 10.8 Å². The molecule has 0 radical (unpaired) electrons. The predicted molar refractivity (Wildman–Crippen MR) is 135 cm³/mol. The molecular weight excluding hydrogens is 499 g/mol. The Morgan fingerprint density at radius 2 is 1.06 bits per heavy atom. The molecule has 3 aliphatic rings. The van der Waals surface area contributed by atoms with Crippen LogP contribution in [0.15, 0.2) is 42.5 Å². The molecule has 32 heavy (non-hydrogen) atoms. The molecule has 0 heterocycles. The van der Waals surface area contributed by atoms with Crippen molar-refractivity contribution in [3.8, 4) is 0 Å². The maximum Gasteiger partial charge on any atom is 0.0721 e. The second-order valence-corrected chi connectivity index (χ2v) is 20.2. The third-order valence-corrected chi connectivity index (χ3v) is 21.3. The van der Waals surface area contributed by atoms with Crippen LogP contribution in [0.25, 0.3) is 10.8 Å². The smallest absolute Gasteiger partial charge is 0.0721 e. The third kappa shape index (κ3) is 6.30. The van der Waals surface area contributed by atoms with E-state index in [-0.39, 0.29) is 5.56 Å². The number of rotatable bonds is 4. The van der Waals surface area contributed by atoms with Crippen molar-refractivity contribution in [2.75, 3.05) is 0 Å². The Morgan fingerprint density at radius 1 is 0.625 bits per heavy atom. The molecule has 0 amide bonds. The molecule has 0 aliphatic heterocycles. The summed E-state index contributed by atoms with van der Waals surface area (Å²) in [7, 11) is 0. The molecule has 2 aromatic rings. The van der Waals surface area contributed by atoms with Crippen molar-refractivity contribution in [3.63, 3.8) is 0 Å². The fourth-order valence-corrected chi connectivity index (χ4v) is 21.6. The van der Waals surface area contributed by atoms with Gasteiger partial charge in [-0.3, -0.25) is 0 Å². The zero-order valence-electron chi connectivity index (χ0n) is 19.7. The fraction of sp³-hybridized carbons (Fsp3) is 0.621. The molecule has 0 N–H and O–H groups in total. The van der Waals surface area contributed by atoms with Crippen molar-refractivity contribution in [2.45, 2.75) is 108 Å². The van der Waals surface area contributed by atoms with Crippen LogP contribution in [-0.4, -0.2) is 25.7 Å². The van der Waals surface area contributed by atoms with Crippen LogP contribution in [0.4, 0.5) is 0 Å². The summed E-state index contributed by atoms with van der Waals surface area (Å²) in [4.78, 5) is 10.7. The first-order valence-electron chi connectivity index (χ1n) is 13.3. The van der Waals surface area contributed by atoms with Gasteiger partial charge in [0, 0.05) is 5.56 Å². The van der Waals surface area contributed by atoms with Crippen molar-refractivity contribution in [1.29, 1.82) is 0 Å². The summed E-state index contributed by atoms with van der Waals surface area (Å²) in [6.07, 6.45) is 24.2.